The molecule has 0 amide bonds. The number of hydrogen-bond acceptors (Lipinski definition) is 4. The fourth-order valence-electron chi connectivity index (χ4n) is 2.49. The lowest BCUT2D eigenvalue weighted by atomic mass is 10.2. The summed E-state index contributed by atoms with van der Waals surface area (Å²) in [6.07, 6.45) is 5.95. The third-order valence-electron chi connectivity index (χ3n) is 3.35. The third kappa shape index (κ3) is 2.81. The summed E-state index contributed by atoms with van der Waals surface area (Å²) in [5, 5.41) is 4.20. The van der Waals surface area contributed by atoms with Gasteiger partial charge < -0.3 is 0 Å². The van der Waals surface area contributed by atoms with Crippen molar-refractivity contribution < 1.29 is 0 Å². The second kappa shape index (κ2) is 5.50. The molecule has 1 aliphatic rings. The molecule has 2 aromatic heterocycles. The predicted molar refractivity (Wildman–Crippen MR) is 75.5 cm³/mol. The van der Waals surface area contributed by atoms with Crippen molar-refractivity contribution in [2.24, 2.45) is 0 Å². The Balaban J connectivity index is 1.64. The van der Waals surface area contributed by atoms with Crippen LogP contribution in [0.2, 0.25) is 0 Å². The molecule has 1 unspecified atom stereocenters. The molecule has 1 saturated heterocycles. The highest BCUT2D eigenvalue weighted by atomic mass is 79.9. The van der Waals surface area contributed by atoms with Gasteiger partial charge in [0.05, 0.1) is 10.3 Å². The van der Waals surface area contributed by atoms with E-state index < -0.39 is 0 Å². The molecule has 0 radical (unpaired) electrons. The van der Waals surface area contributed by atoms with E-state index >= 15 is 0 Å². The number of hydrogen-bond donors (Lipinski definition) is 0. The molecule has 0 aliphatic carbocycles. The zero-order valence-electron chi connectivity index (χ0n) is 10.00. The summed E-state index contributed by atoms with van der Waals surface area (Å²) in [7, 11) is 0. The largest absolute Gasteiger partial charge is 0.293 e. The molecule has 1 fully saturated rings. The number of thiophene rings is 1. The molecule has 18 heavy (non-hydrogen) atoms. The molecule has 4 nitrogen and oxygen atoms in total. The molecule has 1 aliphatic heterocycles. The van der Waals surface area contributed by atoms with Crippen molar-refractivity contribution in [3.8, 4) is 0 Å². The van der Waals surface area contributed by atoms with E-state index in [2.05, 4.69) is 43.0 Å². The summed E-state index contributed by atoms with van der Waals surface area (Å²) in [6, 6.07) is 4.93. The topological polar surface area (TPSA) is 34.0 Å². The number of likely N-dealkylation sites (tertiary alicyclic amines) is 1. The van der Waals surface area contributed by atoms with Gasteiger partial charge >= 0.3 is 0 Å². The van der Waals surface area contributed by atoms with Crippen LogP contribution in [0.5, 0.6) is 0 Å². The quantitative estimate of drug-likeness (QED) is 0.866. The van der Waals surface area contributed by atoms with Gasteiger partial charge in [-0.1, -0.05) is 0 Å². The smallest absolute Gasteiger partial charge is 0.137 e. The van der Waals surface area contributed by atoms with Crippen LogP contribution >= 0.6 is 27.3 Å². The summed E-state index contributed by atoms with van der Waals surface area (Å²) in [6.45, 7) is 3.19. The van der Waals surface area contributed by atoms with Crippen molar-refractivity contribution in [1.82, 2.24) is 19.7 Å². The van der Waals surface area contributed by atoms with Gasteiger partial charge in [0.2, 0.25) is 0 Å². The maximum atomic E-state index is 4.20. The highest BCUT2D eigenvalue weighted by molar-refractivity contribution is 9.11. The van der Waals surface area contributed by atoms with Gasteiger partial charge in [-0.15, -0.1) is 11.3 Å². The second-order valence-corrected chi connectivity index (χ2v) is 7.14. The first-order valence-corrected chi connectivity index (χ1v) is 7.73. The molecule has 1 atom stereocenters. The number of halogens is 1. The van der Waals surface area contributed by atoms with E-state index in [1.165, 1.54) is 28.0 Å². The Morgan fingerprint density at radius 3 is 3.11 bits per heavy atom. The first-order chi connectivity index (χ1) is 8.81. The molecule has 3 heterocycles. The Morgan fingerprint density at radius 2 is 2.39 bits per heavy atom. The van der Waals surface area contributed by atoms with Gasteiger partial charge in [0, 0.05) is 17.5 Å². The zero-order chi connectivity index (χ0) is 12.4. The van der Waals surface area contributed by atoms with Crippen molar-refractivity contribution in [3.63, 3.8) is 0 Å². The van der Waals surface area contributed by atoms with E-state index in [0.29, 0.717) is 6.04 Å². The number of nitrogens with zero attached hydrogens (tertiary/aromatic N) is 4. The van der Waals surface area contributed by atoms with E-state index in [0.717, 1.165) is 13.1 Å². The minimum atomic E-state index is 0.590. The fraction of sp³-hybridized carbons (Fsp3) is 0.500. The van der Waals surface area contributed by atoms with Gasteiger partial charge in [-0.05, 0) is 47.4 Å². The van der Waals surface area contributed by atoms with E-state index in [4.69, 9.17) is 0 Å². The van der Waals surface area contributed by atoms with Crippen molar-refractivity contribution in [3.05, 3.63) is 33.5 Å². The van der Waals surface area contributed by atoms with Crippen LogP contribution in [-0.2, 0) is 13.1 Å². The van der Waals surface area contributed by atoms with E-state index in [-0.39, 0.29) is 0 Å². The fourth-order valence-corrected chi connectivity index (χ4v) is 4.00. The van der Waals surface area contributed by atoms with Crippen LogP contribution in [0.4, 0.5) is 0 Å². The average Bonchev–Trinajstić information content (AvgIpc) is 3.05. The zero-order valence-corrected chi connectivity index (χ0v) is 12.4. The standard InChI is InChI=1S/C12H15BrN4S/c13-12-4-3-11(18-12)7-16-5-1-2-10(16)6-17-9-14-8-15-17/h3-4,8-10H,1-2,5-7H2. The van der Waals surface area contributed by atoms with Crippen molar-refractivity contribution in [2.75, 3.05) is 6.54 Å². The van der Waals surface area contributed by atoms with Crippen LogP contribution in [0.1, 0.15) is 17.7 Å². The molecule has 2 aromatic rings. The lowest BCUT2D eigenvalue weighted by Gasteiger charge is -2.23. The molecular weight excluding hydrogens is 312 g/mol. The van der Waals surface area contributed by atoms with E-state index in [9.17, 15) is 0 Å². The van der Waals surface area contributed by atoms with Crippen molar-refractivity contribution in [2.45, 2.75) is 32.0 Å². The lowest BCUT2D eigenvalue weighted by Crippen LogP contribution is -2.32. The molecule has 0 aromatic carbocycles. The van der Waals surface area contributed by atoms with Gasteiger partial charge in [-0.25, -0.2) is 4.98 Å². The van der Waals surface area contributed by atoms with Crippen LogP contribution in [0.3, 0.4) is 0 Å². The highest BCUT2D eigenvalue weighted by Gasteiger charge is 2.25. The Labute approximate surface area is 119 Å². The average molecular weight is 327 g/mol. The van der Waals surface area contributed by atoms with Crippen LogP contribution in [-0.4, -0.2) is 32.3 Å². The van der Waals surface area contributed by atoms with Gasteiger partial charge in [-0.3, -0.25) is 9.58 Å². The Bertz CT molecular complexity index is 496. The Hall–Kier alpha value is -0.720. The van der Waals surface area contributed by atoms with Gasteiger partial charge in [-0.2, -0.15) is 5.10 Å². The summed E-state index contributed by atoms with van der Waals surface area (Å²) >= 11 is 5.35. The molecule has 3 rings (SSSR count). The maximum absolute atomic E-state index is 4.20. The maximum Gasteiger partial charge on any atom is 0.137 e. The van der Waals surface area contributed by atoms with Crippen LogP contribution in [0, 0.1) is 0 Å². The number of rotatable bonds is 4. The van der Waals surface area contributed by atoms with Crippen LogP contribution in [0.15, 0.2) is 28.6 Å². The third-order valence-corrected chi connectivity index (χ3v) is 4.96. The molecule has 96 valence electrons. The molecule has 0 spiro atoms. The van der Waals surface area contributed by atoms with E-state index in [1.807, 2.05) is 16.0 Å². The Morgan fingerprint density at radius 1 is 1.44 bits per heavy atom. The Kier molecular flexibility index (Phi) is 3.77. The molecular formula is C12H15BrN4S. The summed E-state index contributed by atoms with van der Waals surface area (Å²) in [4.78, 5) is 7.98. The summed E-state index contributed by atoms with van der Waals surface area (Å²) < 4.78 is 3.15. The molecule has 0 bridgehead atoms. The van der Waals surface area contributed by atoms with Crippen molar-refractivity contribution in [1.29, 1.82) is 0 Å². The van der Waals surface area contributed by atoms with Crippen LogP contribution < -0.4 is 0 Å². The lowest BCUT2D eigenvalue weighted by molar-refractivity contribution is 0.221. The van der Waals surface area contributed by atoms with Crippen molar-refractivity contribution >= 4 is 27.3 Å². The van der Waals surface area contributed by atoms with Gasteiger partial charge in [0.15, 0.2) is 0 Å². The molecule has 6 heteroatoms. The van der Waals surface area contributed by atoms with Gasteiger partial charge in [0.1, 0.15) is 12.7 Å². The first kappa shape index (κ1) is 12.3. The minimum Gasteiger partial charge on any atom is -0.293 e. The van der Waals surface area contributed by atoms with Gasteiger partial charge in [0.25, 0.3) is 0 Å². The second-order valence-electron chi connectivity index (χ2n) is 4.59. The SMILES string of the molecule is Brc1ccc(CN2CCCC2Cn2cncn2)s1. The predicted octanol–water partition coefficient (Wildman–Crippen LogP) is 2.77. The normalized spacial score (nSPS) is 20.6. The first-order valence-electron chi connectivity index (χ1n) is 6.12. The number of aromatic nitrogens is 3. The minimum absolute atomic E-state index is 0.590. The monoisotopic (exact) mass is 326 g/mol. The molecule has 0 N–H and O–H groups in total. The molecule has 0 saturated carbocycles. The van der Waals surface area contributed by atoms with Crippen LogP contribution in [0.25, 0.3) is 0 Å². The van der Waals surface area contributed by atoms with E-state index in [1.54, 1.807) is 12.7 Å². The highest BCUT2D eigenvalue weighted by Crippen LogP contribution is 2.27. The summed E-state index contributed by atoms with van der Waals surface area (Å²) in [5.74, 6) is 0. The summed E-state index contributed by atoms with van der Waals surface area (Å²) in [5.41, 5.74) is 0.